The summed E-state index contributed by atoms with van der Waals surface area (Å²) in [6, 6.07) is 2.84. The molecular weight excluding hydrogens is 352 g/mol. The summed E-state index contributed by atoms with van der Waals surface area (Å²) in [6.07, 6.45) is 1.16. The van der Waals surface area contributed by atoms with Crippen LogP contribution in [0, 0.1) is 5.92 Å². The Bertz CT molecular complexity index is 693. The zero-order valence-corrected chi connectivity index (χ0v) is 14.4. The molecule has 0 aromatic heterocycles. The van der Waals surface area contributed by atoms with Crippen molar-refractivity contribution in [3.8, 4) is 11.5 Å². The molecular formula is C16H19ClN2O6. The highest BCUT2D eigenvalue weighted by Gasteiger charge is 2.29. The lowest BCUT2D eigenvalue weighted by Gasteiger charge is -2.31. The summed E-state index contributed by atoms with van der Waals surface area (Å²) in [5, 5.41) is 9.23. The number of benzene rings is 1. The third kappa shape index (κ3) is 4.54. The minimum Gasteiger partial charge on any atom is -0.493 e. The maximum Gasteiger partial charge on any atom is 0.308 e. The van der Waals surface area contributed by atoms with E-state index in [2.05, 4.69) is 0 Å². The molecule has 1 aliphatic heterocycles. The Balaban J connectivity index is 2.23. The minimum absolute atomic E-state index is 0.0933. The van der Waals surface area contributed by atoms with Crippen LogP contribution in [-0.4, -0.2) is 54.6 Å². The largest absolute Gasteiger partial charge is 0.493 e. The molecule has 1 fully saturated rings. The van der Waals surface area contributed by atoms with Gasteiger partial charge >= 0.3 is 5.97 Å². The standard InChI is InChI=1S/C16H19ClN2O6/c1-24-12-6-10(5-11(17)14(12)25-8-13(18)20)15(21)19-4-2-3-9(7-19)16(22)23/h5-6,9H,2-4,7-8H2,1H3,(H2,18,20)(H,22,23). The van der Waals surface area contributed by atoms with Crippen molar-refractivity contribution in [1.29, 1.82) is 0 Å². The van der Waals surface area contributed by atoms with Crippen molar-refractivity contribution in [2.24, 2.45) is 11.7 Å². The van der Waals surface area contributed by atoms with Crippen LogP contribution in [0.3, 0.4) is 0 Å². The molecule has 1 saturated heterocycles. The summed E-state index contributed by atoms with van der Waals surface area (Å²) in [4.78, 5) is 36.2. The first-order valence-corrected chi connectivity index (χ1v) is 8.02. The predicted molar refractivity (Wildman–Crippen MR) is 89.0 cm³/mol. The van der Waals surface area contributed by atoms with E-state index in [1.165, 1.54) is 24.1 Å². The van der Waals surface area contributed by atoms with Gasteiger partial charge in [0.15, 0.2) is 18.1 Å². The van der Waals surface area contributed by atoms with E-state index in [0.29, 0.717) is 19.4 Å². The summed E-state index contributed by atoms with van der Waals surface area (Å²) in [5.74, 6) is -2.21. The maximum absolute atomic E-state index is 12.7. The van der Waals surface area contributed by atoms with Crippen LogP contribution in [0.4, 0.5) is 0 Å². The molecule has 8 nitrogen and oxygen atoms in total. The van der Waals surface area contributed by atoms with Gasteiger partial charge in [-0.3, -0.25) is 14.4 Å². The van der Waals surface area contributed by atoms with Gasteiger partial charge in [0.2, 0.25) is 0 Å². The lowest BCUT2D eigenvalue weighted by Crippen LogP contribution is -2.42. The monoisotopic (exact) mass is 370 g/mol. The molecule has 1 unspecified atom stereocenters. The molecule has 1 aromatic carbocycles. The number of carbonyl (C=O) groups excluding carboxylic acids is 2. The number of carboxylic acids is 1. The molecule has 0 spiro atoms. The van der Waals surface area contributed by atoms with Gasteiger partial charge in [-0.25, -0.2) is 0 Å². The smallest absolute Gasteiger partial charge is 0.308 e. The molecule has 0 radical (unpaired) electrons. The molecule has 2 rings (SSSR count). The van der Waals surface area contributed by atoms with Gasteiger partial charge in [-0.15, -0.1) is 0 Å². The van der Waals surface area contributed by atoms with Crippen molar-refractivity contribution in [2.45, 2.75) is 12.8 Å². The van der Waals surface area contributed by atoms with Crippen molar-refractivity contribution in [3.05, 3.63) is 22.7 Å². The van der Waals surface area contributed by atoms with Crippen LogP contribution in [0.2, 0.25) is 5.02 Å². The number of likely N-dealkylation sites (tertiary alicyclic amines) is 1. The number of primary amides is 1. The van der Waals surface area contributed by atoms with Crippen molar-refractivity contribution in [1.82, 2.24) is 4.90 Å². The Labute approximate surface area is 149 Å². The van der Waals surface area contributed by atoms with Gasteiger partial charge in [-0.1, -0.05) is 11.6 Å². The number of methoxy groups -OCH3 is 1. The van der Waals surface area contributed by atoms with Crippen molar-refractivity contribution in [3.63, 3.8) is 0 Å². The zero-order chi connectivity index (χ0) is 18.6. The number of carbonyl (C=O) groups is 3. The van der Waals surface area contributed by atoms with Crippen LogP contribution in [0.25, 0.3) is 0 Å². The number of nitrogens with two attached hydrogens (primary N) is 1. The highest BCUT2D eigenvalue weighted by atomic mass is 35.5. The Morgan fingerprint density at radius 1 is 1.40 bits per heavy atom. The topological polar surface area (TPSA) is 119 Å². The average molecular weight is 371 g/mol. The molecule has 1 aromatic rings. The summed E-state index contributed by atoms with van der Waals surface area (Å²) >= 11 is 6.14. The summed E-state index contributed by atoms with van der Waals surface area (Å²) in [5.41, 5.74) is 5.29. The Hall–Kier alpha value is -2.48. The Morgan fingerprint density at radius 2 is 2.12 bits per heavy atom. The second-order valence-corrected chi connectivity index (χ2v) is 6.08. The van der Waals surface area contributed by atoms with E-state index in [9.17, 15) is 14.4 Å². The maximum atomic E-state index is 12.7. The number of piperidine rings is 1. The molecule has 136 valence electrons. The summed E-state index contributed by atoms with van der Waals surface area (Å²) in [7, 11) is 1.37. The summed E-state index contributed by atoms with van der Waals surface area (Å²) in [6.45, 7) is 0.242. The molecule has 0 aliphatic carbocycles. The van der Waals surface area contributed by atoms with Gasteiger partial charge in [0.25, 0.3) is 11.8 Å². The van der Waals surface area contributed by atoms with Crippen LogP contribution >= 0.6 is 11.6 Å². The minimum atomic E-state index is -0.914. The zero-order valence-electron chi connectivity index (χ0n) is 13.7. The second-order valence-electron chi connectivity index (χ2n) is 5.67. The van der Waals surface area contributed by atoms with Crippen LogP contribution in [0.1, 0.15) is 23.2 Å². The van der Waals surface area contributed by atoms with Gasteiger partial charge in [0.05, 0.1) is 18.1 Å². The average Bonchev–Trinajstić information content (AvgIpc) is 2.59. The van der Waals surface area contributed by atoms with E-state index >= 15 is 0 Å². The molecule has 1 aliphatic rings. The number of halogens is 1. The van der Waals surface area contributed by atoms with Gasteiger partial charge in [0, 0.05) is 18.7 Å². The van der Waals surface area contributed by atoms with E-state index < -0.39 is 17.8 Å². The van der Waals surface area contributed by atoms with E-state index in [1.54, 1.807) is 0 Å². The highest BCUT2D eigenvalue weighted by molar-refractivity contribution is 6.32. The van der Waals surface area contributed by atoms with Crippen molar-refractivity contribution >= 4 is 29.4 Å². The van der Waals surface area contributed by atoms with Crippen molar-refractivity contribution in [2.75, 3.05) is 26.8 Å². The number of nitrogens with zero attached hydrogens (tertiary/aromatic N) is 1. The lowest BCUT2D eigenvalue weighted by atomic mass is 9.97. The SMILES string of the molecule is COc1cc(C(=O)N2CCCC(C(=O)O)C2)cc(Cl)c1OCC(N)=O. The fourth-order valence-electron chi connectivity index (χ4n) is 2.67. The van der Waals surface area contributed by atoms with Gasteiger partial charge in [0.1, 0.15) is 0 Å². The van der Waals surface area contributed by atoms with Crippen LogP contribution in [0.15, 0.2) is 12.1 Å². The third-order valence-electron chi connectivity index (χ3n) is 3.89. The molecule has 0 bridgehead atoms. The normalized spacial score (nSPS) is 17.0. The molecule has 1 heterocycles. The fourth-order valence-corrected chi connectivity index (χ4v) is 2.94. The van der Waals surface area contributed by atoms with E-state index in [4.69, 9.17) is 31.9 Å². The molecule has 25 heavy (non-hydrogen) atoms. The molecule has 3 N–H and O–H groups in total. The number of aliphatic carboxylic acids is 1. The third-order valence-corrected chi connectivity index (χ3v) is 4.17. The number of hydrogen-bond acceptors (Lipinski definition) is 5. The van der Waals surface area contributed by atoms with Crippen molar-refractivity contribution < 1.29 is 29.0 Å². The van der Waals surface area contributed by atoms with Gasteiger partial charge in [-0.2, -0.15) is 0 Å². The number of amides is 2. The quantitative estimate of drug-likeness (QED) is 0.775. The number of hydrogen-bond donors (Lipinski definition) is 2. The van der Waals surface area contributed by atoms with E-state index in [-0.39, 0.29) is 41.1 Å². The Kier molecular flexibility index (Phi) is 6.08. The Morgan fingerprint density at radius 3 is 2.72 bits per heavy atom. The molecule has 0 saturated carbocycles. The molecule has 2 amide bonds. The summed E-state index contributed by atoms with van der Waals surface area (Å²) < 4.78 is 10.4. The first-order chi connectivity index (χ1) is 11.8. The highest BCUT2D eigenvalue weighted by Crippen LogP contribution is 2.37. The van der Waals surface area contributed by atoms with Crippen LogP contribution < -0.4 is 15.2 Å². The number of carboxylic acid groups (broad SMARTS) is 1. The lowest BCUT2D eigenvalue weighted by molar-refractivity contribution is -0.143. The van der Waals surface area contributed by atoms with Crippen LogP contribution in [-0.2, 0) is 9.59 Å². The van der Waals surface area contributed by atoms with Gasteiger partial charge in [-0.05, 0) is 25.0 Å². The second kappa shape index (κ2) is 8.06. The van der Waals surface area contributed by atoms with Crippen LogP contribution in [0.5, 0.6) is 11.5 Å². The van der Waals surface area contributed by atoms with E-state index in [0.717, 1.165) is 0 Å². The first-order valence-electron chi connectivity index (χ1n) is 7.64. The van der Waals surface area contributed by atoms with Gasteiger partial charge < -0.3 is 25.2 Å². The molecule has 9 heteroatoms. The number of ether oxygens (including phenoxy) is 2. The predicted octanol–water partition coefficient (Wildman–Crippen LogP) is 1.15. The first kappa shape index (κ1) is 18.9. The fraction of sp³-hybridized carbons (Fsp3) is 0.438. The van der Waals surface area contributed by atoms with E-state index in [1.807, 2.05) is 0 Å². The molecule has 1 atom stereocenters. The number of rotatable bonds is 6.